The van der Waals surface area contributed by atoms with E-state index in [0.29, 0.717) is 6.04 Å². The fourth-order valence-corrected chi connectivity index (χ4v) is 5.97. The molecule has 5 rings (SSSR count). The number of aliphatic hydroxyl groups is 1. The maximum absolute atomic E-state index is 11.1. The first-order valence-corrected chi connectivity index (χ1v) is 13.8. The number of likely N-dealkylation sites (tertiary alicyclic amines) is 1. The topological polar surface area (TPSA) is 30.0 Å². The van der Waals surface area contributed by atoms with Gasteiger partial charge in [-0.1, -0.05) is 84.4 Å². The molecule has 2 fully saturated rings. The second-order valence-corrected chi connectivity index (χ2v) is 10.8. The smallest absolute Gasteiger partial charge is 0.0920 e. The highest BCUT2D eigenvalue weighted by Crippen LogP contribution is 2.33. The second-order valence-electron chi connectivity index (χ2n) is 10.3. The minimum Gasteiger partial charge on any atom is -0.385 e. The van der Waals surface area contributed by atoms with Gasteiger partial charge in [-0.25, -0.2) is 0 Å². The Morgan fingerprint density at radius 3 is 1.69 bits per heavy atom. The molecule has 0 saturated carbocycles. The summed E-state index contributed by atoms with van der Waals surface area (Å²) in [6.07, 6.45) is 2.75. The zero-order valence-corrected chi connectivity index (χ0v) is 21.9. The van der Waals surface area contributed by atoms with E-state index in [1.807, 2.05) is 24.3 Å². The first kappa shape index (κ1) is 25.4. The van der Waals surface area contributed by atoms with Gasteiger partial charge in [0.1, 0.15) is 0 Å². The maximum atomic E-state index is 11.1. The molecule has 0 aliphatic carbocycles. The van der Waals surface area contributed by atoms with E-state index in [9.17, 15) is 5.11 Å². The monoisotopic (exact) mass is 503 g/mol. The number of halogens is 1. The fraction of sp³-hybridized carbons (Fsp3) is 0.419. The third-order valence-electron chi connectivity index (χ3n) is 8.02. The SMILES string of the molecule is OC1(c2ccc(Cl)cc2)CCN(CCCN2CCN(C(c3ccccc3)c3ccccc3)CC2)CC1. The molecule has 0 atom stereocenters. The molecule has 4 nitrogen and oxygen atoms in total. The standard InChI is InChI=1S/C31H38ClN3O/c32-29-14-12-28(13-15-29)31(36)16-20-33(21-17-31)18-7-19-34-22-24-35(25-23-34)30(26-8-3-1-4-9-26)27-10-5-2-6-11-27/h1-6,8-15,30,36H,7,16-25H2. The van der Waals surface area contributed by atoms with Crippen LogP contribution in [0.15, 0.2) is 84.9 Å². The third-order valence-corrected chi connectivity index (χ3v) is 8.27. The Kier molecular flexibility index (Phi) is 8.40. The van der Waals surface area contributed by atoms with Gasteiger partial charge in [-0.3, -0.25) is 4.90 Å². The van der Waals surface area contributed by atoms with Crippen molar-refractivity contribution in [1.29, 1.82) is 0 Å². The van der Waals surface area contributed by atoms with Crippen LogP contribution in [0.4, 0.5) is 0 Å². The minimum absolute atomic E-state index is 0.322. The average molecular weight is 504 g/mol. The third kappa shape index (κ3) is 6.19. The van der Waals surface area contributed by atoms with Crippen LogP contribution in [-0.4, -0.2) is 72.2 Å². The highest BCUT2D eigenvalue weighted by Gasteiger charge is 2.34. The van der Waals surface area contributed by atoms with Gasteiger partial charge in [-0.05, 0) is 61.2 Å². The van der Waals surface area contributed by atoms with Crippen molar-refractivity contribution in [2.45, 2.75) is 30.9 Å². The molecular weight excluding hydrogens is 466 g/mol. The predicted octanol–water partition coefficient (Wildman–Crippen LogP) is 5.42. The maximum Gasteiger partial charge on any atom is 0.0920 e. The van der Waals surface area contributed by atoms with E-state index in [4.69, 9.17) is 11.6 Å². The van der Waals surface area contributed by atoms with E-state index in [1.54, 1.807) is 0 Å². The fourth-order valence-electron chi connectivity index (χ4n) is 5.84. The van der Waals surface area contributed by atoms with Crippen molar-refractivity contribution in [3.05, 3.63) is 107 Å². The predicted molar refractivity (Wildman–Crippen MR) is 148 cm³/mol. The van der Waals surface area contributed by atoms with Crippen molar-refractivity contribution < 1.29 is 5.11 Å². The molecule has 2 heterocycles. The Hall–Kier alpha value is -2.21. The Labute approximate surface area is 221 Å². The van der Waals surface area contributed by atoms with Gasteiger partial charge < -0.3 is 14.9 Å². The van der Waals surface area contributed by atoms with Crippen LogP contribution in [0.1, 0.15) is 42.0 Å². The van der Waals surface area contributed by atoms with E-state index in [-0.39, 0.29) is 0 Å². The molecule has 36 heavy (non-hydrogen) atoms. The molecule has 2 saturated heterocycles. The van der Waals surface area contributed by atoms with E-state index < -0.39 is 5.60 Å². The van der Waals surface area contributed by atoms with Crippen molar-refractivity contribution >= 4 is 11.6 Å². The van der Waals surface area contributed by atoms with Gasteiger partial charge in [0.25, 0.3) is 0 Å². The van der Waals surface area contributed by atoms with E-state index >= 15 is 0 Å². The van der Waals surface area contributed by atoms with Gasteiger partial charge in [0.05, 0.1) is 11.6 Å². The summed E-state index contributed by atoms with van der Waals surface area (Å²) in [6.45, 7) is 8.56. The molecule has 0 unspecified atom stereocenters. The van der Waals surface area contributed by atoms with Crippen LogP contribution in [-0.2, 0) is 5.60 Å². The van der Waals surface area contributed by atoms with Gasteiger partial charge >= 0.3 is 0 Å². The number of benzene rings is 3. The summed E-state index contributed by atoms with van der Waals surface area (Å²) in [6, 6.07) is 29.9. The van der Waals surface area contributed by atoms with Gasteiger partial charge in [0.15, 0.2) is 0 Å². The molecule has 1 N–H and O–H groups in total. The summed E-state index contributed by atoms with van der Waals surface area (Å²) in [7, 11) is 0. The number of nitrogens with zero attached hydrogens (tertiary/aromatic N) is 3. The van der Waals surface area contributed by atoms with E-state index in [2.05, 4.69) is 75.4 Å². The zero-order valence-electron chi connectivity index (χ0n) is 21.1. The number of hydrogen-bond donors (Lipinski definition) is 1. The lowest BCUT2D eigenvalue weighted by Crippen LogP contribution is -2.48. The normalized spacial score (nSPS) is 19.5. The first-order chi connectivity index (χ1) is 17.6. The molecule has 0 spiro atoms. The van der Waals surface area contributed by atoms with E-state index in [0.717, 1.165) is 75.8 Å². The number of rotatable bonds is 8. The molecule has 0 radical (unpaired) electrons. The summed E-state index contributed by atoms with van der Waals surface area (Å²) in [5.74, 6) is 0. The van der Waals surface area contributed by atoms with Crippen LogP contribution >= 0.6 is 11.6 Å². The summed E-state index contributed by atoms with van der Waals surface area (Å²) in [4.78, 5) is 7.78. The van der Waals surface area contributed by atoms with Gasteiger partial charge in [-0.15, -0.1) is 0 Å². The van der Waals surface area contributed by atoms with Gasteiger partial charge in [0.2, 0.25) is 0 Å². The lowest BCUT2D eigenvalue weighted by Gasteiger charge is -2.40. The largest absolute Gasteiger partial charge is 0.385 e. The highest BCUT2D eigenvalue weighted by atomic mass is 35.5. The summed E-state index contributed by atoms with van der Waals surface area (Å²) >= 11 is 6.02. The van der Waals surface area contributed by atoms with Crippen molar-refractivity contribution in [1.82, 2.24) is 14.7 Å². The van der Waals surface area contributed by atoms with Crippen LogP contribution in [0.2, 0.25) is 5.02 Å². The highest BCUT2D eigenvalue weighted by molar-refractivity contribution is 6.30. The lowest BCUT2D eigenvalue weighted by molar-refractivity contribution is -0.0265. The van der Waals surface area contributed by atoms with Crippen molar-refractivity contribution in [3.8, 4) is 0 Å². The molecule has 0 bridgehead atoms. The molecule has 5 heteroatoms. The van der Waals surface area contributed by atoms with Crippen LogP contribution in [0.5, 0.6) is 0 Å². The molecule has 3 aromatic carbocycles. The summed E-state index contributed by atoms with van der Waals surface area (Å²) in [5.41, 5.74) is 3.03. The molecule has 2 aliphatic heterocycles. The number of hydrogen-bond acceptors (Lipinski definition) is 4. The van der Waals surface area contributed by atoms with Crippen LogP contribution in [0.3, 0.4) is 0 Å². The second kappa shape index (κ2) is 11.9. The Morgan fingerprint density at radius 1 is 0.667 bits per heavy atom. The van der Waals surface area contributed by atoms with Crippen molar-refractivity contribution in [3.63, 3.8) is 0 Å². The lowest BCUT2D eigenvalue weighted by atomic mass is 9.84. The quantitative estimate of drug-likeness (QED) is 0.444. The summed E-state index contributed by atoms with van der Waals surface area (Å²) in [5, 5.41) is 11.9. The molecule has 0 aromatic heterocycles. The Balaban J connectivity index is 1.08. The van der Waals surface area contributed by atoms with Gasteiger partial charge in [0, 0.05) is 44.3 Å². The molecule has 0 amide bonds. The molecule has 190 valence electrons. The molecular formula is C31H38ClN3O. The number of piperidine rings is 1. The average Bonchev–Trinajstić information content (AvgIpc) is 2.92. The van der Waals surface area contributed by atoms with Crippen molar-refractivity contribution in [2.24, 2.45) is 0 Å². The minimum atomic E-state index is -0.717. The van der Waals surface area contributed by atoms with E-state index in [1.165, 1.54) is 17.5 Å². The Morgan fingerprint density at radius 2 is 1.17 bits per heavy atom. The summed E-state index contributed by atoms with van der Waals surface area (Å²) < 4.78 is 0. The van der Waals surface area contributed by atoms with Gasteiger partial charge in [-0.2, -0.15) is 0 Å². The zero-order chi connectivity index (χ0) is 24.8. The first-order valence-electron chi connectivity index (χ1n) is 13.4. The van der Waals surface area contributed by atoms with Crippen molar-refractivity contribution in [2.75, 3.05) is 52.4 Å². The van der Waals surface area contributed by atoms with Crippen LogP contribution in [0, 0.1) is 0 Å². The Bertz CT molecular complexity index is 1020. The number of piperazine rings is 1. The van der Waals surface area contributed by atoms with Crippen LogP contribution < -0.4 is 0 Å². The van der Waals surface area contributed by atoms with Crippen LogP contribution in [0.25, 0.3) is 0 Å². The molecule has 2 aliphatic rings. The molecule has 3 aromatic rings.